The van der Waals surface area contributed by atoms with Crippen molar-refractivity contribution in [2.45, 2.75) is 33.4 Å². The fraction of sp³-hybridized carbons (Fsp3) is 0.375. The highest BCUT2D eigenvalue weighted by Crippen LogP contribution is 2.35. The van der Waals surface area contributed by atoms with Gasteiger partial charge in [0.05, 0.1) is 0 Å². The SMILES string of the molecule is CC(C)(C)C(NCc1cc(F)ccc1F)c1cccs1. The van der Waals surface area contributed by atoms with E-state index in [2.05, 4.69) is 32.2 Å². The monoisotopic (exact) mass is 295 g/mol. The number of hydrogen-bond donors (Lipinski definition) is 1. The Labute approximate surface area is 122 Å². The smallest absolute Gasteiger partial charge is 0.127 e. The minimum absolute atomic E-state index is 0.00530. The van der Waals surface area contributed by atoms with E-state index < -0.39 is 5.82 Å². The minimum atomic E-state index is -0.411. The van der Waals surface area contributed by atoms with Gasteiger partial charge in [0.15, 0.2) is 0 Å². The van der Waals surface area contributed by atoms with Crippen molar-refractivity contribution in [1.82, 2.24) is 5.32 Å². The molecule has 1 heterocycles. The lowest BCUT2D eigenvalue weighted by atomic mass is 9.85. The van der Waals surface area contributed by atoms with E-state index in [4.69, 9.17) is 0 Å². The lowest BCUT2D eigenvalue weighted by Gasteiger charge is -2.31. The van der Waals surface area contributed by atoms with Crippen molar-refractivity contribution in [2.24, 2.45) is 5.41 Å². The zero-order chi connectivity index (χ0) is 14.8. The summed E-state index contributed by atoms with van der Waals surface area (Å²) in [5, 5.41) is 5.38. The molecule has 1 aromatic carbocycles. The second-order valence-corrected chi connectivity index (χ2v) is 6.91. The fourth-order valence-electron chi connectivity index (χ4n) is 2.18. The molecule has 0 spiro atoms. The van der Waals surface area contributed by atoms with Gasteiger partial charge in [0.2, 0.25) is 0 Å². The minimum Gasteiger partial charge on any atom is -0.305 e. The van der Waals surface area contributed by atoms with E-state index in [0.717, 1.165) is 6.07 Å². The number of benzene rings is 1. The maximum atomic E-state index is 13.7. The number of hydrogen-bond acceptors (Lipinski definition) is 2. The first-order valence-corrected chi connectivity index (χ1v) is 7.46. The second-order valence-electron chi connectivity index (χ2n) is 5.93. The summed E-state index contributed by atoms with van der Waals surface area (Å²) in [7, 11) is 0. The highest BCUT2D eigenvalue weighted by molar-refractivity contribution is 7.10. The third kappa shape index (κ3) is 3.64. The van der Waals surface area contributed by atoms with Crippen LogP contribution < -0.4 is 5.32 Å². The predicted molar refractivity (Wildman–Crippen MR) is 79.7 cm³/mol. The van der Waals surface area contributed by atoms with Crippen LogP contribution in [0.3, 0.4) is 0 Å². The molecule has 0 aliphatic rings. The first-order chi connectivity index (χ1) is 9.38. The molecule has 2 rings (SSSR count). The summed E-state index contributed by atoms with van der Waals surface area (Å²) in [6, 6.07) is 7.73. The maximum Gasteiger partial charge on any atom is 0.127 e. The first kappa shape index (κ1) is 15.1. The average Bonchev–Trinajstić information content (AvgIpc) is 2.85. The molecular formula is C16H19F2NS. The van der Waals surface area contributed by atoms with Crippen molar-refractivity contribution in [3.05, 3.63) is 57.8 Å². The summed E-state index contributed by atoms with van der Waals surface area (Å²) in [6.45, 7) is 6.70. The number of thiophene rings is 1. The molecule has 20 heavy (non-hydrogen) atoms. The average molecular weight is 295 g/mol. The zero-order valence-electron chi connectivity index (χ0n) is 11.9. The molecule has 1 N–H and O–H groups in total. The van der Waals surface area contributed by atoms with Crippen LogP contribution in [-0.2, 0) is 6.54 Å². The standard InChI is InChI=1S/C16H19F2NS/c1-16(2,3)15(14-5-4-8-20-14)19-10-11-9-12(17)6-7-13(11)18/h4-9,15,19H,10H2,1-3H3. The van der Waals surface area contributed by atoms with Crippen molar-refractivity contribution in [1.29, 1.82) is 0 Å². The molecule has 1 unspecified atom stereocenters. The van der Waals surface area contributed by atoms with Gasteiger partial charge in [0.1, 0.15) is 11.6 Å². The van der Waals surface area contributed by atoms with Gasteiger partial charge < -0.3 is 5.32 Å². The number of rotatable bonds is 4. The van der Waals surface area contributed by atoms with E-state index in [1.165, 1.54) is 17.0 Å². The van der Waals surface area contributed by atoms with Crippen molar-refractivity contribution in [2.75, 3.05) is 0 Å². The summed E-state index contributed by atoms with van der Waals surface area (Å²) in [6.07, 6.45) is 0. The van der Waals surface area contributed by atoms with Crippen molar-refractivity contribution < 1.29 is 8.78 Å². The van der Waals surface area contributed by atoms with Gasteiger partial charge in [-0.25, -0.2) is 8.78 Å². The lowest BCUT2D eigenvalue weighted by molar-refractivity contribution is 0.274. The van der Waals surface area contributed by atoms with Crippen LogP contribution in [0.25, 0.3) is 0 Å². The van der Waals surface area contributed by atoms with Gasteiger partial charge in [-0.15, -0.1) is 11.3 Å². The van der Waals surface area contributed by atoms with E-state index in [0.29, 0.717) is 12.1 Å². The van der Waals surface area contributed by atoms with Gasteiger partial charge in [-0.1, -0.05) is 26.8 Å². The van der Waals surface area contributed by atoms with Gasteiger partial charge in [-0.05, 0) is 35.1 Å². The summed E-state index contributed by atoms with van der Waals surface area (Å²) in [5.74, 6) is -0.788. The van der Waals surface area contributed by atoms with E-state index in [9.17, 15) is 8.78 Å². The van der Waals surface area contributed by atoms with Gasteiger partial charge >= 0.3 is 0 Å². The maximum absolute atomic E-state index is 13.7. The van der Waals surface area contributed by atoms with Crippen LogP contribution in [-0.4, -0.2) is 0 Å². The molecule has 0 aliphatic heterocycles. The van der Waals surface area contributed by atoms with Crippen molar-refractivity contribution >= 4 is 11.3 Å². The Morgan fingerprint density at radius 1 is 1.20 bits per heavy atom. The van der Waals surface area contributed by atoms with Crippen LogP contribution in [0.5, 0.6) is 0 Å². The number of nitrogens with one attached hydrogen (secondary N) is 1. The van der Waals surface area contributed by atoms with Gasteiger partial charge in [0.25, 0.3) is 0 Å². The fourth-order valence-corrected chi connectivity index (χ4v) is 3.22. The molecular weight excluding hydrogens is 276 g/mol. The molecule has 0 radical (unpaired) electrons. The van der Waals surface area contributed by atoms with Crippen molar-refractivity contribution in [3.63, 3.8) is 0 Å². The summed E-state index contributed by atoms with van der Waals surface area (Å²) in [5.41, 5.74) is 0.352. The van der Waals surface area contributed by atoms with Gasteiger partial charge in [0, 0.05) is 23.0 Å². The Morgan fingerprint density at radius 3 is 2.55 bits per heavy atom. The summed E-state index contributed by atoms with van der Waals surface area (Å²) >= 11 is 1.67. The topological polar surface area (TPSA) is 12.0 Å². The molecule has 1 nitrogen and oxygen atoms in total. The molecule has 1 aromatic heterocycles. The van der Waals surface area contributed by atoms with Crippen LogP contribution in [0, 0.1) is 17.0 Å². The van der Waals surface area contributed by atoms with Crippen LogP contribution >= 0.6 is 11.3 Å². The van der Waals surface area contributed by atoms with Crippen LogP contribution in [0.1, 0.15) is 37.3 Å². The molecule has 0 aliphatic carbocycles. The number of halogens is 2. The Bertz CT molecular complexity index is 558. The van der Waals surface area contributed by atoms with E-state index in [1.54, 1.807) is 11.3 Å². The predicted octanol–water partition coefficient (Wildman–Crippen LogP) is 4.90. The van der Waals surface area contributed by atoms with E-state index in [-0.39, 0.29) is 17.3 Å². The first-order valence-electron chi connectivity index (χ1n) is 6.58. The highest BCUT2D eigenvalue weighted by Gasteiger charge is 2.26. The van der Waals surface area contributed by atoms with Crippen LogP contribution in [0.2, 0.25) is 0 Å². The van der Waals surface area contributed by atoms with E-state index >= 15 is 0 Å². The molecule has 2 aromatic rings. The van der Waals surface area contributed by atoms with Gasteiger partial charge in [-0.2, -0.15) is 0 Å². The normalized spacial score (nSPS) is 13.4. The third-order valence-corrected chi connectivity index (χ3v) is 4.14. The third-order valence-electron chi connectivity index (χ3n) is 3.20. The summed E-state index contributed by atoms with van der Waals surface area (Å²) < 4.78 is 26.8. The molecule has 108 valence electrons. The molecule has 0 bridgehead atoms. The van der Waals surface area contributed by atoms with Crippen molar-refractivity contribution in [3.8, 4) is 0 Å². The quantitative estimate of drug-likeness (QED) is 0.845. The summed E-state index contributed by atoms with van der Waals surface area (Å²) in [4.78, 5) is 1.20. The van der Waals surface area contributed by atoms with Gasteiger partial charge in [-0.3, -0.25) is 0 Å². The van der Waals surface area contributed by atoms with E-state index in [1.807, 2.05) is 11.4 Å². The Hall–Kier alpha value is -1.26. The molecule has 0 amide bonds. The zero-order valence-corrected chi connectivity index (χ0v) is 12.7. The highest BCUT2D eigenvalue weighted by atomic mass is 32.1. The molecule has 0 fully saturated rings. The van der Waals surface area contributed by atoms with Crippen LogP contribution in [0.15, 0.2) is 35.7 Å². The Kier molecular flexibility index (Phi) is 4.55. The largest absolute Gasteiger partial charge is 0.305 e. The molecule has 0 saturated carbocycles. The molecule has 4 heteroatoms. The molecule has 1 atom stereocenters. The lowest BCUT2D eigenvalue weighted by Crippen LogP contribution is -2.31. The van der Waals surface area contributed by atoms with Crippen LogP contribution in [0.4, 0.5) is 8.78 Å². The Morgan fingerprint density at radius 2 is 1.95 bits per heavy atom. The Balaban J connectivity index is 2.16. The second kappa shape index (κ2) is 6.02. The molecule has 0 saturated heterocycles.